The number of aliphatic carboxylic acids is 1. The van der Waals surface area contributed by atoms with E-state index in [1.54, 1.807) is 0 Å². The minimum Gasteiger partial charge on any atom is -0.481 e. The van der Waals surface area contributed by atoms with Crippen LogP contribution in [0.2, 0.25) is 0 Å². The van der Waals surface area contributed by atoms with Crippen molar-refractivity contribution >= 4 is 5.97 Å². The van der Waals surface area contributed by atoms with Crippen molar-refractivity contribution in [1.82, 2.24) is 0 Å². The lowest BCUT2D eigenvalue weighted by atomic mass is 9.50. The number of hydrogen-bond acceptors (Lipinski definition) is 3. The fraction of sp³-hybridized carbons (Fsp3) is 0.963. The zero-order valence-electron chi connectivity index (χ0n) is 21.2. The molecule has 4 nitrogen and oxygen atoms in total. The van der Waals surface area contributed by atoms with Gasteiger partial charge in [-0.15, -0.1) is 0 Å². The van der Waals surface area contributed by atoms with Crippen molar-refractivity contribution in [2.24, 2.45) is 46.3 Å². The Hall–Kier alpha value is -0.610. The largest absolute Gasteiger partial charge is 0.481 e. The highest BCUT2D eigenvalue weighted by Gasteiger charge is 2.58. The zero-order valence-corrected chi connectivity index (χ0v) is 21.2. The molecule has 4 unspecified atom stereocenters. The van der Waals surface area contributed by atoms with Crippen LogP contribution in [-0.4, -0.2) is 33.5 Å². The number of carbonyl (C=O) groups is 1. The van der Waals surface area contributed by atoms with Crippen LogP contribution in [0.25, 0.3) is 0 Å². The predicted molar refractivity (Wildman–Crippen MR) is 127 cm³/mol. The quantitative estimate of drug-likeness (QED) is 0.362. The molecule has 0 aromatic carbocycles. The molecule has 4 heteroatoms. The molecule has 2 aliphatic rings. The molecule has 0 heterocycles. The van der Waals surface area contributed by atoms with E-state index in [1.807, 2.05) is 13.8 Å². The second kappa shape index (κ2) is 10.5. The summed E-state index contributed by atoms with van der Waals surface area (Å²) in [6, 6.07) is 0. The van der Waals surface area contributed by atoms with Crippen LogP contribution in [0.4, 0.5) is 0 Å². The maximum atomic E-state index is 11.4. The molecule has 2 fully saturated rings. The summed E-state index contributed by atoms with van der Waals surface area (Å²) in [6.45, 7) is 15.4. The van der Waals surface area contributed by atoms with Gasteiger partial charge >= 0.3 is 5.97 Å². The summed E-state index contributed by atoms with van der Waals surface area (Å²) in [5.74, 6) is 1.22. The third-order valence-corrected chi connectivity index (χ3v) is 9.70. The maximum absolute atomic E-state index is 11.4. The molecule has 2 aliphatic carbocycles. The fourth-order valence-corrected chi connectivity index (χ4v) is 7.64. The van der Waals surface area contributed by atoms with Crippen molar-refractivity contribution in [3.05, 3.63) is 0 Å². The monoisotopic (exact) mass is 438 g/mol. The molecule has 0 aliphatic heterocycles. The van der Waals surface area contributed by atoms with Gasteiger partial charge in [-0.05, 0) is 98.2 Å². The zero-order chi connectivity index (χ0) is 23.6. The highest BCUT2D eigenvalue weighted by atomic mass is 16.4. The van der Waals surface area contributed by atoms with Crippen LogP contribution in [0.1, 0.15) is 106 Å². The van der Waals surface area contributed by atoms with Crippen LogP contribution in [0.15, 0.2) is 0 Å². The normalized spacial score (nSPS) is 35.3. The third-order valence-electron chi connectivity index (χ3n) is 9.70. The summed E-state index contributed by atoms with van der Waals surface area (Å²) < 4.78 is 0. The Morgan fingerprint density at radius 3 is 2.29 bits per heavy atom. The fourth-order valence-electron chi connectivity index (χ4n) is 7.64. The molecule has 0 radical (unpaired) electrons. The average Bonchev–Trinajstić information content (AvgIpc) is 3.07. The summed E-state index contributed by atoms with van der Waals surface area (Å²) in [6.07, 6.45) is 8.27. The van der Waals surface area contributed by atoms with Crippen molar-refractivity contribution in [2.75, 3.05) is 0 Å². The Balaban J connectivity index is 2.25. The number of fused-ring (bicyclic) bond motifs is 1. The highest BCUT2D eigenvalue weighted by Crippen LogP contribution is 2.64. The van der Waals surface area contributed by atoms with Gasteiger partial charge in [0.2, 0.25) is 0 Å². The van der Waals surface area contributed by atoms with E-state index in [4.69, 9.17) is 0 Å². The average molecular weight is 439 g/mol. The van der Waals surface area contributed by atoms with Crippen LogP contribution in [0.3, 0.4) is 0 Å². The van der Waals surface area contributed by atoms with E-state index in [0.717, 1.165) is 51.4 Å². The number of aliphatic hydroxyl groups is 2. The lowest BCUT2D eigenvalue weighted by Gasteiger charge is -2.55. The first kappa shape index (κ1) is 26.6. The minimum atomic E-state index is -0.689. The van der Waals surface area contributed by atoms with Crippen LogP contribution in [-0.2, 0) is 4.79 Å². The summed E-state index contributed by atoms with van der Waals surface area (Å²) in [7, 11) is 0. The molecule has 0 aromatic heterocycles. The molecule has 0 saturated heterocycles. The number of aliphatic hydroxyl groups excluding tert-OH is 2. The highest BCUT2D eigenvalue weighted by molar-refractivity contribution is 5.69. The Kier molecular flexibility index (Phi) is 9.06. The van der Waals surface area contributed by atoms with Gasteiger partial charge in [-0.25, -0.2) is 0 Å². The molecule has 0 amide bonds. The number of carboxylic acids is 1. The first-order valence-corrected chi connectivity index (χ1v) is 13.0. The molecule has 0 aromatic rings. The first-order chi connectivity index (χ1) is 14.4. The smallest absolute Gasteiger partial charge is 0.306 e. The molecular weight excluding hydrogens is 388 g/mol. The molecular formula is C27H50O4. The molecule has 9 atom stereocenters. The minimum absolute atomic E-state index is 0.0970. The number of carboxylic acid groups (broad SMARTS) is 1. The maximum Gasteiger partial charge on any atom is 0.306 e. The molecule has 0 bridgehead atoms. The van der Waals surface area contributed by atoms with Crippen molar-refractivity contribution in [3.8, 4) is 0 Å². The second-order valence-electron chi connectivity index (χ2n) is 12.0. The van der Waals surface area contributed by atoms with Crippen molar-refractivity contribution in [3.63, 3.8) is 0 Å². The number of hydrogen-bond donors (Lipinski definition) is 3. The summed E-state index contributed by atoms with van der Waals surface area (Å²) in [4.78, 5) is 11.4. The molecule has 31 heavy (non-hydrogen) atoms. The molecule has 182 valence electrons. The van der Waals surface area contributed by atoms with E-state index in [-0.39, 0.29) is 29.0 Å². The lowest BCUT2D eigenvalue weighted by Crippen LogP contribution is -2.50. The predicted octanol–water partition coefficient (Wildman–Crippen LogP) is 6.14. The Morgan fingerprint density at radius 2 is 1.74 bits per heavy atom. The molecule has 3 N–H and O–H groups in total. The van der Waals surface area contributed by atoms with Gasteiger partial charge in [0.05, 0.1) is 18.1 Å². The lowest BCUT2D eigenvalue weighted by molar-refractivity contribution is -0.142. The molecule has 0 spiro atoms. The topological polar surface area (TPSA) is 77.8 Å². The van der Waals surface area contributed by atoms with E-state index >= 15 is 0 Å². The van der Waals surface area contributed by atoms with Gasteiger partial charge in [0.15, 0.2) is 0 Å². The van der Waals surface area contributed by atoms with E-state index in [1.165, 1.54) is 6.42 Å². The Morgan fingerprint density at radius 1 is 1.10 bits per heavy atom. The second-order valence-corrected chi connectivity index (χ2v) is 12.0. The number of rotatable bonds is 11. The van der Waals surface area contributed by atoms with Crippen LogP contribution in [0.5, 0.6) is 0 Å². The van der Waals surface area contributed by atoms with Crippen molar-refractivity contribution in [1.29, 1.82) is 0 Å². The van der Waals surface area contributed by atoms with Crippen molar-refractivity contribution in [2.45, 2.75) is 118 Å². The molecule has 2 rings (SSSR count). The summed E-state index contributed by atoms with van der Waals surface area (Å²) in [5.41, 5.74) is 0.286. The third kappa shape index (κ3) is 5.66. The van der Waals surface area contributed by atoms with Gasteiger partial charge in [0.1, 0.15) is 0 Å². The van der Waals surface area contributed by atoms with Crippen LogP contribution < -0.4 is 0 Å². The van der Waals surface area contributed by atoms with Gasteiger partial charge in [-0.2, -0.15) is 0 Å². The summed E-state index contributed by atoms with van der Waals surface area (Å²) >= 11 is 0. The van der Waals surface area contributed by atoms with Gasteiger partial charge in [0, 0.05) is 0 Å². The van der Waals surface area contributed by atoms with Gasteiger partial charge in [-0.1, -0.05) is 48.5 Å². The van der Waals surface area contributed by atoms with E-state index < -0.39 is 5.97 Å². The van der Waals surface area contributed by atoms with Crippen LogP contribution >= 0.6 is 0 Å². The van der Waals surface area contributed by atoms with Crippen LogP contribution in [0, 0.1) is 46.3 Å². The molecule has 2 saturated carbocycles. The van der Waals surface area contributed by atoms with Gasteiger partial charge < -0.3 is 15.3 Å². The first-order valence-electron chi connectivity index (χ1n) is 13.0. The Labute approximate surface area is 191 Å². The van der Waals surface area contributed by atoms with E-state index in [0.29, 0.717) is 29.6 Å². The standard InChI is InChI=1S/C27H50O4/c1-8-19(28)12-14-26(5,6)21-13-15-27(7)20(17(3)16-18(4)25(30)31)10-11-22(27)24(21)23(29)9-2/h17-24,28-29H,8-16H2,1-7H3,(H,30,31)/t17-,18+,19+,20?,21?,22?,23-,24?,27-/m1/s1. The summed E-state index contributed by atoms with van der Waals surface area (Å²) in [5, 5.41) is 30.8. The van der Waals surface area contributed by atoms with Gasteiger partial charge in [0.25, 0.3) is 0 Å². The van der Waals surface area contributed by atoms with E-state index in [9.17, 15) is 20.1 Å². The SMILES string of the molecule is CC[C@H](O)CCC(C)(C)C1CC[C@@]2(C)C(CCC2[C@H](C)C[C@H](C)C(=O)O)C1[C@H](O)CC. The van der Waals surface area contributed by atoms with E-state index in [2.05, 4.69) is 34.6 Å². The van der Waals surface area contributed by atoms with Crippen molar-refractivity contribution < 1.29 is 20.1 Å². The van der Waals surface area contributed by atoms with Gasteiger partial charge in [-0.3, -0.25) is 4.79 Å². The Bertz CT molecular complexity index is 588.